The van der Waals surface area contributed by atoms with Crippen molar-refractivity contribution in [3.05, 3.63) is 182 Å². The summed E-state index contributed by atoms with van der Waals surface area (Å²) in [5, 5.41) is 0.273. The maximum Gasteiger partial charge on any atom is 0.238 e. The van der Waals surface area contributed by atoms with Crippen molar-refractivity contribution < 1.29 is 25.0 Å². The highest BCUT2D eigenvalue weighted by atomic mass is 32.1. The zero-order chi connectivity index (χ0) is 50.5. The second-order valence-corrected chi connectivity index (χ2v) is 14.2. The number of rotatable bonds is 5. The average molecular weight is 762 g/mol. The van der Waals surface area contributed by atoms with Crippen molar-refractivity contribution in [1.29, 1.82) is 0 Å². The third kappa shape index (κ3) is 5.04. The fourth-order valence-corrected chi connectivity index (χ4v) is 8.41. The molecule has 0 atom stereocenters. The Balaban J connectivity index is 1.25. The second-order valence-electron chi connectivity index (χ2n) is 13.2. The zero-order valence-electron chi connectivity index (χ0n) is 44.3. The van der Waals surface area contributed by atoms with Crippen LogP contribution in [0.15, 0.2) is 186 Å². The van der Waals surface area contributed by atoms with Crippen LogP contribution < -0.4 is 0 Å². The van der Waals surface area contributed by atoms with E-state index in [1.165, 1.54) is 4.57 Å². The largest absolute Gasteiger partial charge is 0.456 e. The van der Waals surface area contributed by atoms with Gasteiger partial charge >= 0.3 is 0 Å². The molecule has 4 aromatic heterocycles. The van der Waals surface area contributed by atoms with Crippen molar-refractivity contribution in [2.24, 2.45) is 0 Å². The van der Waals surface area contributed by atoms with Crippen molar-refractivity contribution in [3.8, 4) is 51.0 Å². The van der Waals surface area contributed by atoms with E-state index in [-0.39, 0.29) is 122 Å². The van der Waals surface area contributed by atoms with Gasteiger partial charge in [0.25, 0.3) is 0 Å². The zero-order valence-corrected chi connectivity index (χ0v) is 30.1. The Kier molecular flexibility index (Phi) is 4.52. The first-order valence-corrected chi connectivity index (χ1v) is 18.6. The van der Waals surface area contributed by atoms with Crippen LogP contribution in [0, 0.1) is 0 Å². The Morgan fingerprint density at radius 2 is 1.16 bits per heavy atom. The van der Waals surface area contributed by atoms with Gasteiger partial charge in [-0.2, -0.15) is 9.97 Å². The topological polar surface area (TPSA) is 56.7 Å². The van der Waals surface area contributed by atoms with Gasteiger partial charge in [-0.15, -0.1) is 11.3 Å². The minimum absolute atomic E-state index is 0.0126. The Morgan fingerprint density at radius 1 is 0.474 bits per heavy atom. The lowest BCUT2D eigenvalue weighted by Gasteiger charge is -2.11. The predicted molar refractivity (Wildman–Crippen MR) is 236 cm³/mol. The third-order valence-corrected chi connectivity index (χ3v) is 11.0. The number of benzene rings is 8. The van der Waals surface area contributed by atoms with E-state index < -0.39 is 66.5 Å². The van der Waals surface area contributed by atoms with E-state index in [2.05, 4.69) is 0 Å². The quantitative estimate of drug-likeness (QED) is 0.175. The summed E-state index contributed by atoms with van der Waals surface area (Å²) in [5.74, 6) is -0.707. The Morgan fingerprint density at radius 3 is 1.96 bits per heavy atom. The molecular formula is C51H30N4OS. The Bertz CT molecular complexity index is 4390. The van der Waals surface area contributed by atoms with Gasteiger partial charge in [-0.05, 0) is 64.6 Å². The number of furan rings is 1. The van der Waals surface area contributed by atoms with E-state index in [1.54, 1.807) is 91.0 Å². The molecule has 0 aliphatic rings. The van der Waals surface area contributed by atoms with Crippen LogP contribution in [0.2, 0.25) is 0 Å². The standard InChI is InChI=1S/C51H30N4OS/c1-4-13-31(14-5-1)34-24-27-41-40(29-34)47-42(28-26-38-37-19-10-11-22-45(37)57-48(38)47)55(41)51-53-49(33-17-8-3-9-18-33)52-50(54-51)35-23-25-39-44(30-35)56-43-21-12-20-36(46(39)43)32-15-6-2-7-16-32/h1-30H/i10D,11D,12D,19D,20D,21D,22D,23D,24D,25D,26D,27D,28D,29D,30D. The molecule has 12 rings (SSSR count). The summed E-state index contributed by atoms with van der Waals surface area (Å²) in [6.07, 6.45) is 0. The van der Waals surface area contributed by atoms with Crippen LogP contribution in [-0.2, 0) is 0 Å². The fraction of sp³-hybridized carbons (Fsp3) is 0. The summed E-state index contributed by atoms with van der Waals surface area (Å²) >= 11 is 0.942. The predicted octanol–water partition coefficient (Wildman–Crippen LogP) is 13.9. The van der Waals surface area contributed by atoms with Gasteiger partial charge < -0.3 is 4.42 Å². The minimum Gasteiger partial charge on any atom is -0.456 e. The van der Waals surface area contributed by atoms with E-state index in [1.807, 2.05) is 0 Å². The second kappa shape index (κ2) is 12.6. The lowest BCUT2D eigenvalue weighted by Crippen LogP contribution is -2.06. The van der Waals surface area contributed by atoms with Gasteiger partial charge in [0.05, 0.1) is 31.6 Å². The van der Waals surface area contributed by atoms with Crippen molar-refractivity contribution in [2.45, 2.75) is 0 Å². The Hall–Kier alpha value is -7.41. The molecule has 0 spiro atoms. The molecule has 12 aromatic rings. The summed E-state index contributed by atoms with van der Waals surface area (Å²) in [6, 6.07) is 19.4. The summed E-state index contributed by atoms with van der Waals surface area (Å²) < 4.78 is 146. The summed E-state index contributed by atoms with van der Waals surface area (Å²) in [7, 11) is 0. The molecular weight excluding hydrogens is 717 g/mol. The molecule has 0 aliphatic heterocycles. The van der Waals surface area contributed by atoms with E-state index >= 15 is 0 Å². The van der Waals surface area contributed by atoms with Crippen molar-refractivity contribution in [2.75, 3.05) is 0 Å². The lowest BCUT2D eigenvalue weighted by molar-refractivity contribution is 0.669. The highest BCUT2D eigenvalue weighted by Crippen LogP contribution is 2.44. The smallest absolute Gasteiger partial charge is 0.238 e. The number of hydrogen-bond acceptors (Lipinski definition) is 5. The molecule has 8 aromatic carbocycles. The molecule has 0 amide bonds. The highest BCUT2D eigenvalue weighted by Gasteiger charge is 2.22. The monoisotopic (exact) mass is 761 g/mol. The molecule has 0 fully saturated rings. The maximum atomic E-state index is 9.90. The normalized spacial score (nSPS) is 15.5. The SMILES string of the molecule is [2H]c1c([2H])c(-c2ccccc2)c2c(oc3c([2H])c(-c4nc(-c5ccccc5)nc(-n5c6c([2H])c([2H])c(-c7ccccc7)c([2H])c6c6c7sc8c([2H])c([2H])c([2H])c([2H])c8c7c([2H])c([2H])c65)n4)c([2H])c([2H])c32)c1[2H]. The molecule has 266 valence electrons. The van der Waals surface area contributed by atoms with Crippen LogP contribution >= 0.6 is 11.3 Å². The average Bonchev–Trinajstić information content (AvgIpc) is 4.10. The van der Waals surface area contributed by atoms with Gasteiger partial charge in [0, 0.05) is 52.8 Å². The van der Waals surface area contributed by atoms with Gasteiger partial charge in [-0.25, -0.2) is 4.98 Å². The van der Waals surface area contributed by atoms with Crippen molar-refractivity contribution in [3.63, 3.8) is 0 Å². The molecule has 0 radical (unpaired) electrons. The van der Waals surface area contributed by atoms with Gasteiger partial charge in [0.1, 0.15) is 11.2 Å². The summed E-state index contributed by atoms with van der Waals surface area (Å²) in [5.41, 5.74) is 0.637. The third-order valence-electron chi connectivity index (χ3n) is 9.87. The molecule has 57 heavy (non-hydrogen) atoms. The molecule has 0 saturated carbocycles. The molecule has 4 heterocycles. The highest BCUT2D eigenvalue weighted by molar-refractivity contribution is 7.26. The van der Waals surface area contributed by atoms with Gasteiger partial charge in [0.2, 0.25) is 5.95 Å². The van der Waals surface area contributed by atoms with Crippen LogP contribution in [0.1, 0.15) is 20.6 Å². The summed E-state index contributed by atoms with van der Waals surface area (Å²) in [4.78, 5) is 14.5. The molecule has 6 heteroatoms. The number of fused-ring (bicyclic) bond motifs is 10. The molecule has 5 nitrogen and oxygen atoms in total. The van der Waals surface area contributed by atoms with Crippen molar-refractivity contribution >= 4 is 75.3 Å². The fourth-order valence-electron chi connectivity index (χ4n) is 7.29. The molecule has 0 bridgehead atoms. The van der Waals surface area contributed by atoms with Crippen LogP contribution in [0.4, 0.5) is 0 Å². The first-order chi connectivity index (χ1) is 34.5. The van der Waals surface area contributed by atoms with Gasteiger partial charge in [-0.1, -0.05) is 139 Å². The van der Waals surface area contributed by atoms with Gasteiger partial charge in [0.15, 0.2) is 11.6 Å². The van der Waals surface area contributed by atoms with Crippen LogP contribution in [0.3, 0.4) is 0 Å². The molecule has 0 N–H and O–H groups in total. The van der Waals surface area contributed by atoms with Gasteiger partial charge in [-0.3, -0.25) is 4.57 Å². The first-order valence-electron chi connectivity index (χ1n) is 25.3. The summed E-state index contributed by atoms with van der Waals surface area (Å²) in [6.45, 7) is 0. The van der Waals surface area contributed by atoms with Crippen LogP contribution in [0.25, 0.3) is 115 Å². The lowest BCUT2D eigenvalue weighted by atomic mass is 9.99. The van der Waals surface area contributed by atoms with Crippen LogP contribution in [0.5, 0.6) is 0 Å². The van der Waals surface area contributed by atoms with E-state index in [0.717, 1.165) is 11.3 Å². The number of thiophene rings is 1. The number of aromatic nitrogens is 4. The van der Waals surface area contributed by atoms with Crippen LogP contribution in [-0.4, -0.2) is 19.5 Å². The van der Waals surface area contributed by atoms with Crippen molar-refractivity contribution in [1.82, 2.24) is 19.5 Å². The maximum absolute atomic E-state index is 9.90. The van der Waals surface area contributed by atoms with E-state index in [9.17, 15) is 11.0 Å². The molecule has 0 unspecified atom stereocenters. The number of nitrogens with zero attached hydrogens (tertiary/aromatic N) is 4. The number of hydrogen-bond donors (Lipinski definition) is 0. The van der Waals surface area contributed by atoms with E-state index in [4.69, 9.17) is 29.0 Å². The first kappa shape index (κ1) is 20.5. The minimum atomic E-state index is -0.544. The Labute approximate surface area is 351 Å². The molecule has 0 aliphatic carbocycles. The molecule has 0 saturated heterocycles. The van der Waals surface area contributed by atoms with E-state index in [0.29, 0.717) is 16.7 Å².